The first kappa shape index (κ1) is 8.34. The second-order valence-corrected chi connectivity index (χ2v) is 7.68. The van der Waals surface area contributed by atoms with Crippen LogP contribution in [0.2, 0.25) is 0 Å². The first-order valence-electron chi connectivity index (χ1n) is 7.30. The number of rotatable bonds is 2. The van der Waals surface area contributed by atoms with Crippen LogP contribution in [-0.2, 0) is 5.41 Å². The molecule has 5 saturated carbocycles. The van der Waals surface area contributed by atoms with Gasteiger partial charge in [0.05, 0.1) is 0 Å². The summed E-state index contributed by atoms with van der Waals surface area (Å²) in [5.74, 6) is 5.47. The monoisotopic (exact) mass is 222 g/mol. The molecule has 17 heavy (non-hydrogen) atoms. The van der Waals surface area contributed by atoms with Crippen molar-refractivity contribution >= 4 is 0 Å². The Balaban J connectivity index is 1.48. The summed E-state index contributed by atoms with van der Waals surface area (Å²) in [4.78, 5) is 0. The molecule has 5 aliphatic carbocycles. The third kappa shape index (κ3) is 0.424. The van der Waals surface area contributed by atoms with E-state index in [2.05, 4.69) is 44.2 Å². The molecule has 0 heterocycles. The van der Waals surface area contributed by atoms with Gasteiger partial charge in [0, 0.05) is 5.41 Å². The molecule has 5 fully saturated rings. The zero-order valence-electron chi connectivity index (χ0n) is 10.5. The van der Waals surface area contributed by atoms with Crippen molar-refractivity contribution in [2.24, 2.45) is 40.4 Å². The van der Waals surface area contributed by atoms with Crippen LogP contribution in [0.4, 0.5) is 0 Å². The molecule has 0 nitrogen and oxygen atoms in total. The minimum absolute atomic E-state index is 0.722. The highest BCUT2D eigenvalue weighted by Gasteiger charge is 3.19. The number of benzene rings is 1. The van der Waals surface area contributed by atoms with Crippen LogP contribution in [0.5, 0.6) is 0 Å². The van der Waals surface area contributed by atoms with Gasteiger partial charge in [-0.05, 0) is 52.4 Å². The Morgan fingerprint density at radius 1 is 1.06 bits per heavy atom. The summed E-state index contributed by atoms with van der Waals surface area (Å²) >= 11 is 0. The van der Waals surface area contributed by atoms with E-state index in [0.717, 1.165) is 45.8 Å². The Morgan fingerprint density at radius 3 is 2.35 bits per heavy atom. The fourth-order valence-corrected chi connectivity index (χ4v) is 7.84. The van der Waals surface area contributed by atoms with E-state index in [1.807, 2.05) is 0 Å². The fourth-order valence-electron chi connectivity index (χ4n) is 7.84. The SMILES string of the molecule is CC(C)C12CC3C1C14C2C1C34c1ccccc1. The molecule has 5 aliphatic rings. The predicted octanol–water partition coefficient (Wildman–Crippen LogP) is 3.48. The second-order valence-electron chi connectivity index (χ2n) is 7.68. The van der Waals surface area contributed by atoms with Crippen LogP contribution in [0.25, 0.3) is 0 Å². The fraction of sp³-hybridized carbons (Fsp3) is 0.647. The molecule has 7 unspecified atom stereocenters. The van der Waals surface area contributed by atoms with Crippen LogP contribution in [0.3, 0.4) is 0 Å². The van der Waals surface area contributed by atoms with Gasteiger partial charge in [-0.3, -0.25) is 0 Å². The van der Waals surface area contributed by atoms with Gasteiger partial charge < -0.3 is 0 Å². The van der Waals surface area contributed by atoms with Crippen molar-refractivity contribution in [3.05, 3.63) is 35.9 Å². The Kier molecular flexibility index (Phi) is 0.889. The van der Waals surface area contributed by atoms with Crippen molar-refractivity contribution in [3.8, 4) is 0 Å². The van der Waals surface area contributed by atoms with E-state index in [1.54, 1.807) is 12.0 Å². The summed E-state index contributed by atoms with van der Waals surface area (Å²) in [5.41, 5.74) is 4.13. The number of hydrogen-bond acceptors (Lipinski definition) is 0. The minimum atomic E-state index is 0.722. The normalized spacial score (nSPS) is 66.1. The summed E-state index contributed by atoms with van der Waals surface area (Å²) in [6, 6.07) is 11.5. The lowest BCUT2D eigenvalue weighted by atomic mass is 9.20. The average Bonchev–Trinajstić information content (AvgIpc) is 3.15. The van der Waals surface area contributed by atoms with E-state index in [0.29, 0.717) is 0 Å². The molecule has 0 heteroatoms. The highest BCUT2D eigenvalue weighted by atomic mass is 15.2. The Morgan fingerprint density at radius 2 is 1.82 bits per heavy atom. The van der Waals surface area contributed by atoms with Crippen LogP contribution in [0.15, 0.2) is 30.3 Å². The summed E-state index contributed by atoms with van der Waals surface area (Å²) in [7, 11) is 0. The van der Waals surface area contributed by atoms with Gasteiger partial charge in [0.2, 0.25) is 0 Å². The van der Waals surface area contributed by atoms with Gasteiger partial charge in [0.25, 0.3) is 0 Å². The van der Waals surface area contributed by atoms with E-state index < -0.39 is 0 Å². The summed E-state index contributed by atoms with van der Waals surface area (Å²) in [5, 5.41) is 0. The molecule has 7 atom stereocenters. The molecule has 0 saturated heterocycles. The Labute approximate surface area is 102 Å². The lowest BCUT2D eigenvalue weighted by Gasteiger charge is -2.83. The highest BCUT2D eigenvalue weighted by Crippen LogP contribution is 3.20. The summed E-state index contributed by atoms with van der Waals surface area (Å²) in [6.45, 7) is 4.95. The Bertz CT molecular complexity index is 569. The van der Waals surface area contributed by atoms with Gasteiger partial charge in [0.15, 0.2) is 0 Å². The van der Waals surface area contributed by atoms with E-state index >= 15 is 0 Å². The predicted molar refractivity (Wildman–Crippen MR) is 66.4 cm³/mol. The number of fused-ring (bicyclic) bond motifs is 4. The lowest BCUT2D eigenvalue weighted by Crippen LogP contribution is -2.80. The van der Waals surface area contributed by atoms with Gasteiger partial charge >= 0.3 is 0 Å². The summed E-state index contributed by atoms with van der Waals surface area (Å²) in [6.07, 6.45) is 1.56. The third-order valence-corrected chi connectivity index (χ3v) is 7.94. The molecule has 0 aromatic heterocycles. The molecule has 1 spiro atoms. The molecular weight excluding hydrogens is 204 g/mol. The van der Waals surface area contributed by atoms with E-state index in [9.17, 15) is 0 Å². The molecule has 0 amide bonds. The Hall–Kier alpha value is -0.780. The summed E-state index contributed by atoms with van der Waals surface area (Å²) < 4.78 is 0. The highest BCUT2D eigenvalue weighted by molar-refractivity contribution is 5.72. The first-order chi connectivity index (χ1) is 8.25. The molecule has 0 N–H and O–H groups in total. The molecule has 1 aromatic carbocycles. The van der Waals surface area contributed by atoms with Crippen molar-refractivity contribution < 1.29 is 0 Å². The maximum absolute atomic E-state index is 2.48. The molecule has 6 rings (SSSR count). The molecule has 1 aromatic rings. The molecule has 0 bridgehead atoms. The standard InChI is InChI=1S/C17H18/c1-9(2)15-8-11-12(15)17-13(15)14(17)16(11,17)10-6-4-3-5-7-10/h3-7,9,11-14H,8H2,1-2H3. The maximum Gasteiger partial charge on any atom is 0.00869 e. The van der Waals surface area contributed by atoms with Crippen LogP contribution < -0.4 is 0 Å². The van der Waals surface area contributed by atoms with Crippen molar-refractivity contribution in [2.75, 3.05) is 0 Å². The van der Waals surface area contributed by atoms with Crippen molar-refractivity contribution in [1.29, 1.82) is 0 Å². The lowest BCUT2D eigenvalue weighted by molar-refractivity contribution is -0.336. The molecule has 86 valence electrons. The smallest absolute Gasteiger partial charge is 0.00869 e. The zero-order valence-corrected chi connectivity index (χ0v) is 10.5. The van der Waals surface area contributed by atoms with E-state index in [4.69, 9.17) is 0 Å². The minimum Gasteiger partial charge on any atom is -0.0622 e. The maximum atomic E-state index is 2.48. The zero-order chi connectivity index (χ0) is 11.2. The van der Waals surface area contributed by atoms with Gasteiger partial charge in [-0.25, -0.2) is 0 Å². The molecular formula is C17H18. The van der Waals surface area contributed by atoms with Gasteiger partial charge in [-0.2, -0.15) is 0 Å². The largest absolute Gasteiger partial charge is 0.0622 e. The second kappa shape index (κ2) is 1.81. The van der Waals surface area contributed by atoms with Crippen molar-refractivity contribution in [1.82, 2.24) is 0 Å². The van der Waals surface area contributed by atoms with Crippen LogP contribution >= 0.6 is 0 Å². The van der Waals surface area contributed by atoms with Crippen molar-refractivity contribution in [3.63, 3.8) is 0 Å². The van der Waals surface area contributed by atoms with E-state index in [1.165, 1.54) is 0 Å². The average molecular weight is 222 g/mol. The first-order valence-corrected chi connectivity index (χ1v) is 7.30. The molecule has 0 aliphatic heterocycles. The third-order valence-electron chi connectivity index (χ3n) is 7.94. The quantitative estimate of drug-likeness (QED) is 0.718. The van der Waals surface area contributed by atoms with Crippen molar-refractivity contribution in [2.45, 2.75) is 25.7 Å². The van der Waals surface area contributed by atoms with Gasteiger partial charge in [0.1, 0.15) is 0 Å². The van der Waals surface area contributed by atoms with Crippen LogP contribution in [0.1, 0.15) is 25.8 Å². The molecule has 0 radical (unpaired) electrons. The van der Waals surface area contributed by atoms with Gasteiger partial charge in [-0.1, -0.05) is 44.2 Å². The van der Waals surface area contributed by atoms with Crippen LogP contribution in [-0.4, -0.2) is 0 Å². The topological polar surface area (TPSA) is 0 Å². The van der Waals surface area contributed by atoms with E-state index in [-0.39, 0.29) is 0 Å². The van der Waals surface area contributed by atoms with Crippen LogP contribution in [0, 0.1) is 40.4 Å². The van der Waals surface area contributed by atoms with Gasteiger partial charge in [-0.15, -0.1) is 0 Å². The number of hydrogen-bond donors (Lipinski definition) is 0.